The molecule has 0 atom stereocenters. The van der Waals surface area contributed by atoms with E-state index >= 15 is 0 Å². The van der Waals surface area contributed by atoms with Crippen LogP contribution in [0.1, 0.15) is 239 Å². The van der Waals surface area contributed by atoms with Crippen LogP contribution in [0.25, 0.3) is 0 Å². The first kappa shape index (κ1) is 50.5. The normalized spacial score (nSPS) is 11.1. The van der Waals surface area contributed by atoms with Crippen molar-refractivity contribution in [3.8, 4) is 0 Å². The zero-order valence-corrected chi connectivity index (χ0v) is 34.8. The molecule has 0 aromatic carbocycles. The van der Waals surface area contributed by atoms with E-state index in [0.717, 1.165) is 38.5 Å². The second kappa shape index (κ2) is 39.2. The molecule has 10 heteroatoms. The number of nitrogens with zero attached hydrogens (tertiary/aromatic N) is 2. The summed E-state index contributed by atoms with van der Waals surface area (Å²) in [5.41, 5.74) is 16.1. The van der Waals surface area contributed by atoms with Crippen molar-refractivity contribution in [2.24, 2.45) is 11.5 Å². The summed E-state index contributed by atoms with van der Waals surface area (Å²) in [6.07, 6.45) is 40.9. The first-order chi connectivity index (χ1) is 25.8. The first-order valence-electron chi connectivity index (χ1n) is 22.5. The highest BCUT2D eigenvalue weighted by Crippen LogP contribution is 2.15. The molecule has 10 nitrogen and oxygen atoms in total. The number of primary amides is 2. The minimum absolute atomic E-state index is 0.0614. The lowest BCUT2D eigenvalue weighted by Gasteiger charge is -2.22. The van der Waals surface area contributed by atoms with E-state index in [1.165, 1.54) is 177 Å². The van der Waals surface area contributed by atoms with Crippen LogP contribution >= 0.6 is 0 Å². The van der Waals surface area contributed by atoms with Gasteiger partial charge in [0.2, 0.25) is 11.8 Å². The molecule has 0 aromatic heterocycles. The molecular formula is C43H86N6O4. The maximum atomic E-state index is 12.4. The molecular weight excluding hydrogens is 665 g/mol. The van der Waals surface area contributed by atoms with Gasteiger partial charge in [-0.3, -0.25) is 20.4 Å². The highest BCUT2D eigenvalue weighted by Gasteiger charge is 2.15. The van der Waals surface area contributed by atoms with Gasteiger partial charge in [0.25, 0.3) is 0 Å². The fourth-order valence-corrected chi connectivity index (χ4v) is 6.90. The summed E-state index contributed by atoms with van der Waals surface area (Å²) < 4.78 is 0. The van der Waals surface area contributed by atoms with Crippen LogP contribution in [0.3, 0.4) is 0 Å². The molecule has 0 unspecified atom stereocenters. The highest BCUT2D eigenvalue weighted by atomic mass is 16.2. The third-order valence-corrected chi connectivity index (χ3v) is 10.3. The standard InChI is InChI=1S/C43H86N6O4/c1-3-5-7-9-11-13-15-17-19-21-23-25-27-29-31-33-38-48(42(44)52)46-40(50)36-35-37-41(51)47-49(43(45)53)39-34-32-30-28-26-24-22-20-18-16-14-12-10-8-6-4-2/h3-39H2,1-2H3,(H2,44,52)(H2,45,53)(H,46,50)(H,47,51). The summed E-state index contributed by atoms with van der Waals surface area (Å²) in [4.78, 5) is 48.6. The van der Waals surface area contributed by atoms with Crippen molar-refractivity contribution in [3.05, 3.63) is 0 Å². The third kappa shape index (κ3) is 36.2. The Bertz CT molecular complexity index is 806. The maximum Gasteiger partial charge on any atom is 0.333 e. The molecule has 0 aliphatic carbocycles. The molecule has 0 aromatic rings. The van der Waals surface area contributed by atoms with E-state index in [1.807, 2.05) is 0 Å². The topological polar surface area (TPSA) is 151 Å². The SMILES string of the molecule is CCCCCCCCCCCCCCCCCCN(NC(=O)CCCC(=O)NN(CCCCCCCCCCCCCCCCCC)C(N)=O)C(N)=O. The maximum absolute atomic E-state index is 12.4. The second-order valence-electron chi connectivity index (χ2n) is 15.5. The van der Waals surface area contributed by atoms with Gasteiger partial charge in [0.15, 0.2) is 0 Å². The van der Waals surface area contributed by atoms with Crippen molar-refractivity contribution in [1.29, 1.82) is 0 Å². The second-order valence-corrected chi connectivity index (χ2v) is 15.5. The van der Waals surface area contributed by atoms with E-state index in [0.29, 0.717) is 13.1 Å². The zero-order chi connectivity index (χ0) is 39.0. The molecule has 0 fully saturated rings. The van der Waals surface area contributed by atoms with Crippen molar-refractivity contribution in [3.63, 3.8) is 0 Å². The van der Waals surface area contributed by atoms with Gasteiger partial charge < -0.3 is 11.5 Å². The lowest BCUT2D eigenvalue weighted by Crippen LogP contribution is -2.49. The van der Waals surface area contributed by atoms with Gasteiger partial charge in [-0.2, -0.15) is 0 Å². The Labute approximate surface area is 326 Å². The Morgan fingerprint density at radius 3 is 0.755 bits per heavy atom. The minimum Gasteiger partial charge on any atom is -0.350 e. The van der Waals surface area contributed by atoms with Crippen LogP contribution in [0.5, 0.6) is 0 Å². The fraction of sp³-hybridized carbons (Fsp3) is 0.907. The fourth-order valence-electron chi connectivity index (χ4n) is 6.90. The van der Waals surface area contributed by atoms with Crippen molar-refractivity contribution >= 4 is 23.9 Å². The van der Waals surface area contributed by atoms with Gasteiger partial charge in [-0.25, -0.2) is 19.6 Å². The quantitative estimate of drug-likeness (QED) is 0.0367. The number of carbonyl (C=O) groups is 4. The number of nitrogens with two attached hydrogens (primary N) is 2. The summed E-state index contributed by atoms with van der Waals surface area (Å²) in [5.74, 6) is -0.735. The lowest BCUT2D eigenvalue weighted by atomic mass is 10.0. The Morgan fingerprint density at radius 1 is 0.340 bits per heavy atom. The zero-order valence-electron chi connectivity index (χ0n) is 34.8. The number of rotatable bonds is 38. The number of carbonyl (C=O) groups excluding carboxylic acids is 4. The first-order valence-corrected chi connectivity index (χ1v) is 22.5. The van der Waals surface area contributed by atoms with Crippen LogP contribution in [0, 0.1) is 0 Å². The summed E-state index contributed by atoms with van der Waals surface area (Å²) in [5, 5.41) is 2.33. The molecule has 0 saturated heterocycles. The van der Waals surface area contributed by atoms with Crippen molar-refractivity contribution < 1.29 is 19.2 Å². The van der Waals surface area contributed by atoms with E-state index in [2.05, 4.69) is 24.7 Å². The van der Waals surface area contributed by atoms with Crippen LogP contribution in [-0.2, 0) is 9.59 Å². The van der Waals surface area contributed by atoms with E-state index in [4.69, 9.17) is 11.5 Å². The van der Waals surface area contributed by atoms with Crippen LogP contribution in [0.15, 0.2) is 0 Å². The molecule has 0 rings (SSSR count). The summed E-state index contributed by atoms with van der Waals surface area (Å²) in [7, 11) is 0. The van der Waals surface area contributed by atoms with Gasteiger partial charge in [0, 0.05) is 25.9 Å². The number of nitrogens with one attached hydrogen (secondary N) is 2. The molecule has 0 saturated carbocycles. The Kier molecular flexibility index (Phi) is 37.3. The number of urea groups is 2. The molecule has 0 aliphatic heterocycles. The van der Waals surface area contributed by atoms with E-state index < -0.39 is 12.1 Å². The largest absolute Gasteiger partial charge is 0.350 e. The minimum atomic E-state index is -0.691. The van der Waals surface area contributed by atoms with Gasteiger partial charge in [-0.05, 0) is 19.3 Å². The molecule has 312 valence electrons. The van der Waals surface area contributed by atoms with E-state index in [1.54, 1.807) is 0 Å². The Balaban J connectivity index is 3.85. The van der Waals surface area contributed by atoms with Crippen molar-refractivity contribution in [1.82, 2.24) is 20.9 Å². The van der Waals surface area contributed by atoms with Gasteiger partial charge >= 0.3 is 12.1 Å². The summed E-state index contributed by atoms with van der Waals surface area (Å²) >= 11 is 0. The van der Waals surface area contributed by atoms with Gasteiger partial charge in [0.05, 0.1) is 0 Å². The molecule has 0 radical (unpaired) electrons. The number of amides is 6. The van der Waals surface area contributed by atoms with Gasteiger partial charge in [-0.15, -0.1) is 0 Å². The number of hydrogen-bond acceptors (Lipinski definition) is 4. The van der Waals surface area contributed by atoms with Crippen LogP contribution in [0.2, 0.25) is 0 Å². The molecule has 6 N–H and O–H groups in total. The molecule has 0 bridgehead atoms. The average molecular weight is 751 g/mol. The van der Waals surface area contributed by atoms with E-state index in [9.17, 15) is 19.2 Å². The Hall–Kier alpha value is -2.52. The Morgan fingerprint density at radius 2 is 0.547 bits per heavy atom. The van der Waals surface area contributed by atoms with E-state index in [-0.39, 0.29) is 31.1 Å². The predicted molar refractivity (Wildman–Crippen MR) is 222 cm³/mol. The molecule has 0 spiro atoms. The molecule has 53 heavy (non-hydrogen) atoms. The monoisotopic (exact) mass is 751 g/mol. The van der Waals surface area contributed by atoms with Crippen molar-refractivity contribution in [2.75, 3.05) is 13.1 Å². The molecule has 0 heterocycles. The highest BCUT2D eigenvalue weighted by molar-refractivity contribution is 5.82. The van der Waals surface area contributed by atoms with Crippen LogP contribution < -0.4 is 22.3 Å². The average Bonchev–Trinajstić information content (AvgIpc) is 3.13. The number of unbranched alkanes of at least 4 members (excludes halogenated alkanes) is 30. The third-order valence-electron chi connectivity index (χ3n) is 10.3. The van der Waals surface area contributed by atoms with Crippen LogP contribution in [0.4, 0.5) is 9.59 Å². The van der Waals surface area contributed by atoms with Crippen molar-refractivity contribution in [2.45, 2.75) is 239 Å². The molecule has 0 aliphatic rings. The van der Waals surface area contributed by atoms with Gasteiger partial charge in [0.1, 0.15) is 0 Å². The predicted octanol–water partition coefficient (Wildman–Crippen LogP) is 11.5. The smallest absolute Gasteiger partial charge is 0.333 e. The van der Waals surface area contributed by atoms with Crippen LogP contribution in [-0.4, -0.2) is 47.0 Å². The molecule has 6 amide bonds. The summed E-state index contributed by atoms with van der Waals surface area (Å²) in [6, 6.07) is -1.38. The lowest BCUT2D eigenvalue weighted by molar-refractivity contribution is -0.126. The number of hydrogen-bond donors (Lipinski definition) is 4. The van der Waals surface area contributed by atoms with Gasteiger partial charge in [-0.1, -0.05) is 206 Å². The summed E-state index contributed by atoms with van der Waals surface area (Å²) in [6.45, 7) is 5.26. The number of hydrazine groups is 2.